The van der Waals surface area contributed by atoms with Crippen molar-refractivity contribution in [1.82, 2.24) is 0 Å². The van der Waals surface area contributed by atoms with Crippen LogP contribution in [0, 0.1) is 11.3 Å². The van der Waals surface area contributed by atoms with Gasteiger partial charge in [0, 0.05) is 9.50 Å². The maximum atomic E-state index is 12.4. The number of hydrogen-bond acceptors (Lipinski definition) is 4. The van der Waals surface area contributed by atoms with Gasteiger partial charge in [0.25, 0.3) is 10.0 Å². The van der Waals surface area contributed by atoms with Crippen molar-refractivity contribution >= 4 is 48.9 Å². The first-order chi connectivity index (χ1) is 9.83. The number of nitrogens with two attached hydrogens (primary N) is 1. The molecule has 21 heavy (non-hydrogen) atoms. The number of nitriles is 1. The van der Waals surface area contributed by atoms with Gasteiger partial charge in [0.05, 0.1) is 16.9 Å². The molecule has 0 aliphatic carbocycles. The third kappa shape index (κ3) is 3.47. The van der Waals surface area contributed by atoms with Crippen LogP contribution in [-0.2, 0) is 10.0 Å². The molecule has 0 aliphatic rings. The maximum absolute atomic E-state index is 12.4. The van der Waals surface area contributed by atoms with Crippen LogP contribution in [-0.4, -0.2) is 8.42 Å². The van der Waals surface area contributed by atoms with E-state index in [1.807, 2.05) is 6.07 Å². The van der Waals surface area contributed by atoms with E-state index < -0.39 is 10.0 Å². The summed E-state index contributed by atoms with van der Waals surface area (Å²) >= 11 is 9.02. The minimum Gasteiger partial charge on any atom is -0.398 e. The second kappa shape index (κ2) is 5.93. The molecule has 0 aliphatic heterocycles. The van der Waals surface area contributed by atoms with E-state index in [4.69, 9.17) is 22.6 Å². The zero-order chi connectivity index (χ0) is 15.6. The summed E-state index contributed by atoms with van der Waals surface area (Å²) in [5, 5.41) is 9.33. The minimum atomic E-state index is -3.93. The Bertz CT molecular complexity index is 847. The lowest BCUT2D eigenvalue weighted by Crippen LogP contribution is -2.15. The normalized spacial score (nSPS) is 10.9. The molecule has 0 aromatic heterocycles. The monoisotopic (exact) mass is 385 g/mol. The number of rotatable bonds is 3. The molecule has 0 bridgehead atoms. The zero-order valence-corrected chi connectivity index (χ0v) is 13.6. The Morgan fingerprint density at radius 2 is 1.95 bits per heavy atom. The summed E-state index contributed by atoms with van der Waals surface area (Å²) in [6.07, 6.45) is 0. The van der Waals surface area contributed by atoms with Gasteiger partial charge in [-0.25, -0.2) is 8.42 Å². The lowest BCUT2D eigenvalue weighted by molar-refractivity contribution is 0.601. The first-order valence-corrected chi connectivity index (χ1v) is 8.26. The number of halogens is 2. The summed E-state index contributed by atoms with van der Waals surface area (Å²) in [6, 6.07) is 10.7. The summed E-state index contributed by atoms with van der Waals surface area (Å²) in [5.41, 5.74) is 6.07. The molecule has 8 heteroatoms. The number of benzene rings is 2. The van der Waals surface area contributed by atoms with Gasteiger partial charge >= 0.3 is 0 Å². The Morgan fingerprint density at radius 1 is 1.24 bits per heavy atom. The molecule has 2 rings (SSSR count). The van der Waals surface area contributed by atoms with Crippen LogP contribution in [0.1, 0.15) is 5.56 Å². The van der Waals surface area contributed by atoms with Gasteiger partial charge in [-0.1, -0.05) is 27.5 Å². The molecule has 0 spiro atoms. The van der Waals surface area contributed by atoms with Gasteiger partial charge < -0.3 is 5.73 Å². The van der Waals surface area contributed by atoms with Crippen molar-refractivity contribution in [3.8, 4) is 6.07 Å². The van der Waals surface area contributed by atoms with E-state index in [2.05, 4.69) is 20.7 Å². The summed E-state index contributed by atoms with van der Waals surface area (Å²) < 4.78 is 27.7. The van der Waals surface area contributed by atoms with E-state index in [9.17, 15) is 8.42 Å². The van der Waals surface area contributed by atoms with Crippen LogP contribution in [0.15, 0.2) is 45.8 Å². The van der Waals surface area contributed by atoms with E-state index in [1.54, 1.807) is 6.07 Å². The molecule has 0 saturated heterocycles. The number of nitrogens with one attached hydrogen (secondary N) is 1. The Balaban J connectivity index is 2.50. The molecular weight excluding hydrogens is 378 g/mol. The molecular formula is C13H9BrClN3O2S. The van der Waals surface area contributed by atoms with Crippen LogP contribution in [0.5, 0.6) is 0 Å². The fourth-order valence-corrected chi connectivity index (χ4v) is 3.55. The van der Waals surface area contributed by atoms with Crippen molar-refractivity contribution in [2.75, 3.05) is 10.5 Å². The predicted octanol–water partition coefficient (Wildman–Crippen LogP) is 3.36. The van der Waals surface area contributed by atoms with E-state index >= 15 is 0 Å². The van der Waals surface area contributed by atoms with Gasteiger partial charge in [0.2, 0.25) is 0 Å². The highest BCUT2D eigenvalue weighted by atomic mass is 79.9. The van der Waals surface area contributed by atoms with Crippen molar-refractivity contribution < 1.29 is 8.42 Å². The molecule has 0 radical (unpaired) electrons. The first kappa shape index (κ1) is 15.6. The summed E-state index contributed by atoms with van der Waals surface area (Å²) in [6.45, 7) is 0. The van der Waals surface area contributed by atoms with Crippen LogP contribution in [0.4, 0.5) is 11.4 Å². The average Bonchev–Trinajstić information content (AvgIpc) is 2.41. The summed E-state index contributed by atoms with van der Waals surface area (Å²) in [4.78, 5) is -0.0826. The molecule has 0 saturated carbocycles. The SMILES string of the molecule is N#Cc1ccc(Cl)cc1NS(=O)(=O)c1cc(Br)ccc1N. The number of hydrogen-bond donors (Lipinski definition) is 2. The van der Waals surface area contributed by atoms with Crippen LogP contribution >= 0.6 is 27.5 Å². The number of nitrogen functional groups attached to an aromatic ring is 1. The highest BCUT2D eigenvalue weighted by Crippen LogP contribution is 2.27. The van der Waals surface area contributed by atoms with Crippen molar-refractivity contribution in [2.45, 2.75) is 4.90 Å². The molecule has 2 aromatic rings. The smallest absolute Gasteiger partial charge is 0.264 e. The largest absolute Gasteiger partial charge is 0.398 e. The summed E-state index contributed by atoms with van der Waals surface area (Å²) in [5.74, 6) is 0. The Morgan fingerprint density at radius 3 is 2.62 bits per heavy atom. The Labute approximate surface area is 135 Å². The molecule has 5 nitrogen and oxygen atoms in total. The quantitative estimate of drug-likeness (QED) is 0.791. The fourth-order valence-electron chi connectivity index (χ4n) is 1.64. The van der Waals surface area contributed by atoms with E-state index in [0.717, 1.165) is 0 Å². The molecule has 0 amide bonds. The summed E-state index contributed by atoms with van der Waals surface area (Å²) in [7, 11) is -3.93. The standard InChI is InChI=1S/C13H9BrClN3O2S/c14-9-2-4-11(17)13(5-9)21(19,20)18-12-6-10(15)3-1-8(12)7-16/h1-6,18H,17H2. The average molecular weight is 387 g/mol. The third-order valence-corrected chi connectivity index (χ3v) is 4.76. The van der Waals surface area contributed by atoms with Crippen molar-refractivity contribution in [2.24, 2.45) is 0 Å². The predicted molar refractivity (Wildman–Crippen MR) is 85.5 cm³/mol. The van der Waals surface area contributed by atoms with Gasteiger partial charge in [-0.2, -0.15) is 5.26 Å². The molecule has 3 N–H and O–H groups in total. The van der Waals surface area contributed by atoms with Crippen LogP contribution in [0.25, 0.3) is 0 Å². The van der Waals surface area contributed by atoms with Crippen LogP contribution in [0.2, 0.25) is 5.02 Å². The Kier molecular flexibility index (Phi) is 4.42. The molecule has 0 atom stereocenters. The van der Waals surface area contributed by atoms with Crippen molar-refractivity contribution in [3.05, 3.63) is 51.5 Å². The number of anilines is 2. The van der Waals surface area contributed by atoms with Gasteiger partial charge in [-0.05, 0) is 36.4 Å². The van der Waals surface area contributed by atoms with Crippen LogP contribution in [0.3, 0.4) is 0 Å². The number of nitrogens with zero attached hydrogens (tertiary/aromatic N) is 1. The molecule has 0 unspecified atom stereocenters. The fraction of sp³-hybridized carbons (Fsp3) is 0. The van der Waals surface area contributed by atoms with E-state index in [1.165, 1.54) is 30.3 Å². The topological polar surface area (TPSA) is 96.0 Å². The zero-order valence-electron chi connectivity index (χ0n) is 10.5. The van der Waals surface area contributed by atoms with Crippen LogP contribution < -0.4 is 10.5 Å². The first-order valence-electron chi connectivity index (χ1n) is 5.61. The lowest BCUT2D eigenvalue weighted by Gasteiger charge is -2.12. The third-order valence-electron chi connectivity index (χ3n) is 2.61. The molecule has 108 valence electrons. The highest BCUT2D eigenvalue weighted by molar-refractivity contribution is 9.10. The number of sulfonamides is 1. The van der Waals surface area contributed by atoms with Gasteiger partial charge in [-0.3, -0.25) is 4.72 Å². The second-order valence-corrected chi connectivity index (χ2v) is 7.09. The molecule has 0 fully saturated rings. The molecule has 2 aromatic carbocycles. The maximum Gasteiger partial charge on any atom is 0.264 e. The van der Waals surface area contributed by atoms with Crippen molar-refractivity contribution in [3.63, 3.8) is 0 Å². The van der Waals surface area contributed by atoms with Gasteiger partial charge in [0.15, 0.2) is 0 Å². The minimum absolute atomic E-state index is 0.0826. The van der Waals surface area contributed by atoms with E-state index in [-0.39, 0.29) is 21.8 Å². The van der Waals surface area contributed by atoms with Gasteiger partial charge in [-0.15, -0.1) is 0 Å². The Hall–Kier alpha value is -1.75. The van der Waals surface area contributed by atoms with E-state index in [0.29, 0.717) is 9.50 Å². The lowest BCUT2D eigenvalue weighted by atomic mass is 10.2. The molecule has 0 heterocycles. The highest BCUT2D eigenvalue weighted by Gasteiger charge is 2.19. The second-order valence-electron chi connectivity index (χ2n) is 4.09. The van der Waals surface area contributed by atoms with Crippen molar-refractivity contribution in [1.29, 1.82) is 5.26 Å². The van der Waals surface area contributed by atoms with Gasteiger partial charge in [0.1, 0.15) is 11.0 Å².